The zero-order chi connectivity index (χ0) is 23.1. The summed E-state index contributed by atoms with van der Waals surface area (Å²) in [6.07, 6.45) is 1.27. The monoisotopic (exact) mass is 449 g/mol. The van der Waals surface area contributed by atoms with E-state index in [-0.39, 0.29) is 11.3 Å². The molecule has 0 atom stereocenters. The average Bonchev–Trinajstić information content (AvgIpc) is 2.78. The van der Waals surface area contributed by atoms with Crippen LogP contribution < -0.4 is 9.50 Å². The fourth-order valence-electron chi connectivity index (χ4n) is 2.68. The van der Waals surface area contributed by atoms with E-state index in [1.165, 1.54) is 42.5 Å². The number of rotatable bonds is 7. The number of amides is 1. The van der Waals surface area contributed by atoms with Gasteiger partial charge in [0.05, 0.1) is 4.92 Å². The molecule has 1 N–H and O–H groups in total. The van der Waals surface area contributed by atoms with E-state index >= 15 is 0 Å². The van der Waals surface area contributed by atoms with Gasteiger partial charge in [-0.05, 0) is 42.0 Å². The first kappa shape index (κ1) is 22.2. The van der Waals surface area contributed by atoms with Crippen molar-refractivity contribution in [1.29, 1.82) is 5.26 Å². The van der Waals surface area contributed by atoms with Crippen LogP contribution in [-0.4, -0.2) is 19.2 Å². The minimum absolute atomic E-state index is 0.141. The topological polar surface area (TPSA) is 139 Å². The summed E-state index contributed by atoms with van der Waals surface area (Å²) < 4.78 is 30.2. The number of nitriles is 1. The summed E-state index contributed by atoms with van der Waals surface area (Å²) in [7, 11) is -4.50. The van der Waals surface area contributed by atoms with E-state index in [9.17, 15) is 28.6 Å². The van der Waals surface area contributed by atoms with Crippen LogP contribution in [-0.2, 0) is 14.9 Å². The molecule has 0 saturated carbocycles. The minimum Gasteiger partial charge on any atom is -0.379 e. The van der Waals surface area contributed by atoms with E-state index < -0.39 is 31.5 Å². The van der Waals surface area contributed by atoms with Crippen molar-refractivity contribution in [3.05, 3.63) is 100 Å². The number of carbonyl (C=O) groups is 1. The van der Waals surface area contributed by atoms with Crippen molar-refractivity contribution in [2.24, 2.45) is 0 Å². The number of nitrogens with one attached hydrogen (secondary N) is 1. The fourth-order valence-corrected chi connectivity index (χ4v) is 3.77. The van der Waals surface area contributed by atoms with Crippen LogP contribution in [0.15, 0.2) is 89.3 Å². The second-order valence-corrected chi connectivity index (χ2v) is 7.84. The number of hydrogen-bond donors (Lipinski definition) is 1. The first-order chi connectivity index (χ1) is 15.3. The molecule has 0 aliphatic carbocycles. The molecule has 160 valence electrons. The van der Waals surface area contributed by atoms with Gasteiger partial charge < -0.3 is 9.50 Å². The summed E-state index contributed by atoms with van der Waals surface area (Å²) in [5.74, 6) is -0.782. The molecule has 0 unspecified atom stereocenters. The van der Waals surface area contributed by atoms with Gasteiger partial charge >= 0.3 is 10.1 Å². The standard InChI is InChI=1S/C22H15N3O6S/c23-15-17(22(26)24-18-8-2-1-3-9-18)13-16-7-6-10-19(14-16)31-32(29,30)21-12-5-4-11-20(21)25(27)28/h1-14H,(H,24,26)/b17-13+. The van der Waals surface area contributed by atoms with Crippen LogP contribution in [0, 0.1) is 21.4 Å². The lowest BCUT2D eigenvalue weighted by molar-refractivity contribution is -0.387. The van der Waals surface area contributed by atoms with Crippen LogP contribution in [0.3, 0.4) is 0 Å². The smallest absolute Gasteiger partial charge is 0.346 e. The molecule has 0 spiro atoms. The SMILES string of the molecule is N#C/C(=C\c1cccc(OS(=O)(=O)c2ccccc2[N+](=O)[O-])c1)C(=O)Nc1ccccc1. The number of carbonyl (C=O) groups excluding carboxylic acids is 1. The Kier molecular flexibility index (Phi) is 6.62. The van der Waals surface area contributed by atoms with Crippen molar-refractivity contribution in [3.8, 4) is 11.8 Å². The third-order valence-electron chi connectivity index (χ3n) is 4.10. The molecular weight excluding hydrogens is 434 g/mol. The Morgan fingerprint density at radius 2 is 1.72 bits per heavy atom. The summed E-state index contributed by atoms with van der Waals surface area (Å²) in [5, 5.41) is 23.1. The predicted octanol–water partition coefficient (Wildman–Crippen LogP) is 3.91. The number of para-hydroxylation sites is 2. The Hall–Kier alpha value is -4.49. The Bertz CT molecular complexity index is 1350. The third kappa shape index (κ3) is 5.35. The molecule has 3 aromatic carbocycles. The van der Waals surface area contributed by atoms with Crippen LogP contribution >= 0.6 is 0 Å². The van der Waals surface area contributed by atoms with Crippen LogP contribution in [0.25, 0.3) is 6.08 Å². The Morgan fingerprint density at radius 3 is 2.41 bits per heavy atom. The van der Waals surface area contributed by atoms with E-state index in [2.05, 4.69) is 5.32 Å². The van der Waals surface area contributed by atoms with E-state index in [0.717, 1.165) is 12.1 Å². The van der Waals surface area contributed by atoms with Crippen molar-refractivity contribution >= 4 is 33.5 Å². The maximum Gasteiger partial charge on any atom is 0.346 e. The van der Waals surface area contributed by atoms with Crippen LogP contribution in [0.4, 0.5) is 11.4 Å². The van der Waals surface area contributed by atoms with Gasteiger partial charge in [-0.3, -0.25) is 14.9 Å². The summed E-state index contributed by atoms with van der Waals surface area (Å²) >= 11 is 0. The number of benzene rings is 3. The highest BCUT2D eigenvalue weighted by atomic mass is 32.2. The van der Waals surface area contributed by atoms with Crippen molar-refractivity contribution in [3.63, 3.8) is 0 Å². The molecule has 0 bridgehead atoms. The fraction of sp³-hybridized carbons (Fsp3) is 0. The van der Waals surface area contributed by atoms with Gasteiger partial charge in [-0.1, -0.05) is 42.5 Å². The van der Waals surface area contributed by atoms with Gasteiger partial charge in [0.2, 0.25) is 0 Å². The van der Waals surface area contributed by atoms with Gasteiger partial charge in [-0.15, -0.1) is 0 Å². The number of hydrogen-bond acceptors (Lipinski definition) is 7. The molecule has 0 saturated heterocycles. The Morgan fingerprint density at radius 1 is 1.03 bits per heavy atom. The minimum atomic E-state index is -4.50. The second kappa shape index (κ2) is 9.55. The first-order valence-electron chi connectivity index (χ1n) is 9.06. The molecule has 0 radical (unpaired) electrons. The molecule has 32 heavy (non-hydrogen) atoms. The number of anilines is 1. The molecule has 0 heterocycles. The van der Waals surface area contributed by atoms with Crippen molar-refractivity contribution in [1.82, 2.24) is 0 Å². The molecule has 3 aromatic rings. The maximum absolute atomic E-state index is 12.6. The third-order valence-corrected chi connectivity index (χ3v) is 5.40. The zero-order valence-corrected chi connectivity index (χ0v) is 17.2. The number of nitrogens with zero attached hydrogens (tertiary/aromatic N) is 2. The second-order valence-electron chi connectivity index (χ2n) is 6.32. The highest BCUT2D eigenvalue weighted by Crippen LogP contribution is 2.27. The van der Waals surface area contributed by atoms with E-state index in [4.69, 9.17) is 4.18 Å². The summed E-state index contributed by atoms with van der Waals surface area (Å²) in [4.78, 5) is 22.1. The predicted molar refractivity (Wildman–Crippen MR) is 116 cm³/mol. The zero-order valence-electron chi connectivity index (χ0n) is 16.3. The summed E-state index contributed by atoms with van der Waals surface area (Å²) in [6.45, 7) is 0. The van der Waals surface area contributed by atoms with E-state index in [1.54, 1.807) is 36.4 Å². The van der Waals surface area contributed by atoms with Crippen molar-refractivity contribution in [2.45, 2.75) is 4.90 Å². The average molecular weight is 449 g/mol. The summed E-state index contributed by atoms with van der Waals surface area (Å²) in [6, 6.07) is 20.8. The highest BCUT2D eigenvalue weighted by molar-refractivity contribution is 7.87. The molecule has 0 fully saturated rings. The number of nitro benzene ring substituents is 1. The van der Waals surface area contributed by atoms with E-state index in [1.807, 2.05) is 0 Å². The maximum atomic E-state index is 12.6. The molecule has 9 nitrogen and oxygen atoms in total. The Labute approximate surface area is 183 Å². The first-order valence-corrected chi connectivity index (χ1v) is 10.5. The van der Waals surface area contributed by atoms with Crippen LogP contribution in [0.1, 0.15) is 5.56 Å². The normalized spacial score (nSPS) is 11.3. The molecule has 0 aliphatic rings. The van der Waals surface area contributed by atoms with Gasteiger partial charge in [0.15, 0.2) is 4.90 Å². The molecular formula is C22H15N3O6S. The van der Waals surface area contributed by atoms with E-state index in [0.29, 0.717) is 11.3 Å². The van der Waals surface area contributed by atoms with Crippen molar-refractivity contribution < 1.29 is 22.3 Å². The van der Waals surface area contributed by atoms with Gasteiger partial charge in [0, 0.05) is 11.8 Å². The van der Waals surface area contributed by atoms with Crippen LogP contribution in [0.5, 0.6) is 5.75 Å². The van der Waals surface area contributed by atoms with Crippen molar-refractivity contribution in [2.75, 3.05) is 5.32 Å². The highest BCUT2D eigenvalue weighted by Gasteiger charge is 2.27. The lowest BCUT2D eigenvalue weighted by Gasteiger charge is -2.08. The lowest BCUT2D eigenvalue weighted by atomic mass is 10.1. The van der Waals surface area contributed by atoms with Gasteiger partial charge in [-0.2, -0.15) is 13.7 Å². The lowest BCUT2D eigenvalue weighted by Crippen LogP contribution is -2.13. The molecule has 1 amide bonds. The quantitative estimate of drug-likeness (QED) is 0.190. The molecule has 3 rings (SSSR count). The number of nitro groups is 1. The summed E-state index contributed by atoms with van der Waals surface area (Å²) in [5.41, 5.74) is -0.00763. The molecule has 0 aromatic heterocycles. The van der Waals surface area contributed by atoms with Gasteiger partial charge in [0.25, 0.3) is 11.6 Å². The Balaban J connectivity index is 1.86. The molecule has 0 aliphatic heterocycles. The van der Waals surface area contributed by atoms with Gasteiger partial charge in [-0.25, -0.2) is 0 Å². The van der Waals surface area contributed by atoms with Crippen LogP contribution in [0.2, 0.25) is 0 Å². The van der Waals surface area contributed by atoms with Gasteiger partial charge in [0.1, 0.15) is 17.4 Å². The largest absolute Gasteiger partial charge is 0.379 e. The molecule has 10 heteroatoms.